The molecule has 3 heterocycles. The number of aliphatic imine (C=N–C) groups is 1. The van der Waals surface area contributed by atoms with Crippen LogP contribution in [0.2, 0.25) is 0 Å². The van der Waals surface area contributed by atoms with Crippen LogP contribution in [-0.4, -0.2) is 38.8 Å². The Balaban J connectivity index is 2.25. The zero-order valence-electron chi connectivity index (χ0n) is 16.7. The summed E-state index contributed by atoms with van der Waals surface area (Å²) in [7, 11) is 1.77. The molecule has 7 nitrogen and oxygen atoms in total. The Labute approximate surface area is 177 Å². The predicted octanol–water partition coefficient (Wildman–Crippen LogP) is 4.71. The number of thiazole rings is 1. The number of aromatic nitrogens is 4. The van der Waals surface area contributed by atoms with Gasteiger partial charge in [-0.3, -0.25) is 5.41 Å². The van der Waals surface area contributed by atoms with Crippen LogP contribution >= 0.6 is 27.3 Å². The molecular formula is C19H24BrN7S. The smallest absolute Gasteiger partial charge is 0.164 e. The number of nitrogens with zero attached hydrogens (tertiary/aromatic N) is 5. The molecule has 0 saturated heterocycles. The summed E-state index contributed by atoms with van der Waals surface area (Å²) in [6, 6.07) is 2.14. The minimum atomic E-state index is 0.437. The van der Waals surface area contributed by atoms with E-state index in [9.17, 15) is 0 Å². The summed E-state index contributed by atoms with van der Waals surface area (Å²) in [4.78, 5) is 14.4. The molecule has 3 aromatic rings. The quantitative estimate of drug-likeness (QED) is 0.410. The predicted molar refractivity (Wildman–Crippen MR) is 119 cm³/mol. The van der Waals surface area contributed by atoms with Crippen molar-refractivity contribution in [3.63, 3.8) is 0 Å². The van der Waals surface area contributed by atoms with Crippen LogP contribution in [0.5, 0.6) is 0 Å². The molecule has 0 aromatic carbocycles. The van der Waals surface area contributed by atoms with Gasteiger partial charge in [-0.1, -0.05) is 13.8 Å². The third-order valence-corrected chi connectivity index (χ3v) is 6.69. The lowest BCUT2D eigenvalue weighted by Gasteiger charge is -2.15. The van der Waals surface area contributed by atoms with Gasteiger partial charge in [0.05, 0.1) is 16.1 Å². The molecule has 0 atom stereocenters. The summed E-state index contributed by atoms with van der Waals surface area (Å²) in [6.07, 6.45) is 3.13. The number of rotatable bonds is 6. The van der Waals surface area contributed by atoms with Crippen molar-refractivity contribution in [3.05, 3.63) is 32.8 Å². The van der Waals surface area contributed by atoms with E-state index in [1.165, 1.54) is 17.0 Å². The van der Waals surface area contributed by atoms with Crippen molar-refractivity contribution in [2.45, 2.75) is 46.5 Å². The van der Waals surface area contributed by atoms with Crippen molar-refractivity contribution >= 4 is 45.1 Å². The van der Waals surface area contributed by atoms with Gasteiger partial charge in [-0.2, -0.15) is 5.10 Å². The highest BCUT2D eigenvalue weighted by atomic mass is 79.9. The second-order valence-corrected chi connectivity index (χ2v) is 8.28. The van der Waals surface area contributed by atoms with Gasteiger partial charge in [0.25, 0.3) is 0 Å². The number of nitrogens with one attached hydrogen (secondary N) is 2. The zero-order chi connectivity index (χ0) is 20.4. The first-order chi connectivity index (χ1) is 13.4. The molecule has 0 bridgehead atoms. The Hall–Kier alpha value is -2.13. The Bertz CT molecular complexity index is 1050. The molecule has 3 aromatic heterocycles. The molecule has 148 valence electrons. The van der Waals surface area contributed by atoms with E-state index in [0.29, 0.717) is 16.8 Å². The maximum absolute atomic E-state index is 7.24. The molecule has 0 unspecified atom stereocenters. The van der Waals surface area contributed by atoms with Crippen molar-refractivity contribution in [2.24, 2.45) is 4.99 Å². The number of amidine groups is 1. The first-order valence-corrected chi connectivity index (χ1v) is 10.8. The fourth-order valence-electron chi connectivity index (χ4n) is 3.38. The third-order valence-electron chi connectivity index (χ3n) is 4.77. The summed E-state index contributed by atoms with van der Waals surface area (Å²) in [5, 5.41) is 15.8. The van der Waals surface area contributed by atoms with E-state index < -0.39 is 0 Å². The fraction of sp³-hybridized carbons (Fsp3) is 0.421. The molecule has 2 N–H and O–H groups in total. The summed E-state index contributed by atoms with van der Waals surface area (Å²) in [5.41, 5.74) is 4.93. The molecule has 0 spiro atoms. The van der Waals surface area contributed by atoms with Gasteiger partial charge in [-0.15, -0.1) is 11.3 Å². The van der Waals surface area contributed by atoms with Crippen LogP contribution in [0.1, 0.15) is 54.7 Å². The Morgan fingerprint density at radius 1 is 1.36 bits per heavy atom. The number of halogens is 1. The normalized spacial score (nSPS) is 12.2. The van der Waals surface area contributed by atoms with Crippen LogP contribution in [0.3, 0.4) is 0 Å². The number of hydrogen-bond donors (Lipinski definition) is 2. The SMILES string of the molecule is CCC(CC)c1cc(C)nc2c(-c3sc(/C(=N/C=N)NC)nc3Br)c(C)nn12. The lowest BCUT2D eigenvalue weighted by atomic mass is 9.98. The Kier molecular flexibility index (Phi) is 6.24. The molecular weight excluding hydrogens is 438 g/mol. The van der Waals surface area contributed by atoms with Crippen molar-refractivity contribution < 1.29 is 0 Å². The van der Waals surface area contributed by atoms with Gasteiger partial charge < -0.3 is 5.32 Å². The van der Waals surface area contributed by atoms with Crippen LogP contribution in [0, 0.1) is 19.3 Å². The molecule has 0 aliphatic rings. The van der Waals surface area contributed by atoms with Crippen molar-refractivity contribution in [1.29, 1.82) is 5.41 Å². The molecule has 0 amide bonds. The largest absolute Gasteiger partial charge is 0.371 e. The van der Waals surface area contributed by atoms with Gasteiger partial charge in [0.2, 0.25) is 0 Å². The van der Waals surface area contributed by atoms with E-state index in [1.54, 1.807) is 7.05 Å². The zero-order valence-corrected chi connectivity index (χ0v) is 19.1. The minimum Gasteiger partial charge on any atom is -0.371 e. The molecule has 0 aliphatic carbocycles. The molecule has 0 radical (unpaired) electrons. The van der Waals surface area contributed by atoms with Crippen LogP contribution in [0.15, 0.2) is 15.7 Å². The van der Waals surface area contributed by atoms with Gasteiger partial charge in [0, 0.05) is 24.4 Å². The van der Waals surface area contributed by atoms with E-state index in [0.717, 1.165) is 51.3 Å². The topological polar surface area (TPSA) is 91.3 Å². The first-order valence-electron chi connectivity index (χ1n) is 9.23. The summed E-state index contributed by atoms with van der Waals surface area (Å²) < 4.78 is 2.72. The fourth-order valence-corrected chi connectivity index (χ4v) is 5.17. The molecule has 0 saturated carbocycles. The van der Waals surface area contributed by atoms with Crippen LogP contribution in [-0.2, 0) is 0 Å². The van der Waals surface area contributed by atoms with Crippen molar-refractivity contribution in [1.82, 2.24) is 24.9 Å². The second-order valence-electron chi connectivity index (χ2n) is 6.53. The maximum atomic E-state index is 7.24. The lowest BCUT2D eigenvalue weighted by Crippen LogP contribution is -2.19. The minimum absolute atomic E-state index is 0.437. The molecule has 0 fully saturated rings. The highest BCUT2D eigenvalue weighted by molar-refractivity contribution is 9.10. The standard InChI is InChI=1S/C19H24BrN7S/c1-6-12(7-2)13-8-10(3)24-18-14(11(4)26-27(13)18)15-16(20)25-19(28-15)17(22-5)23-9-21/h8-9,12H,6-7H2,1-5H3,(H2,21,22,23). The summed E-state index contributed by atoms with van der Waals surface area (Å²) in [5.74, 6) is 0.996. The Morgan fingerprint density at radius 3 is 2.68 bits per heavy atom. The summed E-state index contributed by atoms with van der Waals surface area (Å²) in [6.45, 7) is 8.45. The van der Waals surface area contributed by atoms with Crippen LogP contribution in [0.4, 0.5) is 0 Å². The number of hydrogen-bond acceptors (Lipinski definition) is 5. The number of aryl methyl sites for hydroxylation is 2. The van der Waals surface area contributed by atoms with Gasteiger partial charge in [-0.25, -0.2) is 19.5 Å². The van der Waals surface area contributed by atoms with Crippen LogP contribution in [0.25, 0.3) is 16.1 Å². The third kappa shape index (κ3) is 3.60. The van der Waals surface area contributed by atoms with Gasteiger partial charge >= 0.3 is 0 Å². The Morgan fingerprint density at radius 2 is 2.07 bits per heavy atom. The van der Waals surface area contributed by atoms with E-state index >= 15 is 0 Å². The van der Waals surface area contributed by atoms with Crippen LogP contribution < -0.4 is 5.32 Å². The average Bonchev–Trinajstić information content (AvgIpc) is 3.19. The lowest BCUT2D eigenvalue weighted by molar-refractivity contribution is 0.598. The molecule has 3 rings (SSSR count). The van der Waals surface area contributed by atoms with E-state index in [-0.39, 0.29) is 0 Å². The first kappa shape index (κ1) is 20.6. The highest BCUT2D eigenvalue weighted by Crippen LogP contribution is 2.39. The second kappa shape index (κ2) is 8.48. The van der Waals surface area contributed by atoms with E-state index in [4.69, 9.17) is 15.5 Å². The molecule has 9 heteroatoms. The maximum Gasteiger partial charge on any atom is 0.164 e. The monoisotopic (exact) mass is 461 g/mol. The van der Waals surface area contributed by atoms with Gasteiger partial charge in [0.1, 0.15) is 10.9 Å². The highest BCUT2D eigenvalue weighted by Gasteiger charge is 2.23. The van der Waals surface area contributed by atoms with Crippen molar-refractivity contribution in [3.8, 4) is 10.4 Å². The van der Waals surface area contributed by atoms with Gasteiger partial charge in [0.15, 0.2) is 16.5 Å². The average molecular weight is 462 g/mol. The van der Waals surface area contributed by atoms with Gasteiger partial charge in [-0.05, 0) is 48.7 Å². The van der Waals surface area contributed by atoms with Crippen molar-refractivity contribution in [2.75, 3.05) is 7.05 Å². The molecule has 28 heavy (non-hydrogen) atoms. The number of fused-ring (bicyclic) bond motifs is 1. The molecule has 0 aliphatic heterocycles. The summed E-state index contributed by atoms with van der Waals surface area (Å²) >= 11 is 5.10. The van der Waals surface area contributed by atoms with E-state index in [1.807, 2.05) is 18.4 Å². The van der Waals surface area contributed by atoms with E-state index in [2.05, 4.69) is 51.1 Å².